The minimum Gasteiger partial charge on any atom is -0.294 e. The van der Waals surface area contributed by atoms with Crippen molar-refractivity contribution < 1.29 is 9.59 Å². The van der Waals surface area contributed by atoms with E-state index in [1.54, 1.807) is 24.5 Å². The van der Waals surface area contributed by atoms with E-state index >= 15 is 0 Å². The highest BCUT2D eigenvalue weighted by atomic mass is 35.5. The molecule has 0 unspecified atom stereocenters. The van der Waals surface area contributed by atoms with Gasteiger partial charge in [0.1, 0.15) is 0 Å². The number of imide groups is 1. The Morgan fingerprint density at radius 3 is 2.59 bits per heavy atom. The predicted molar refractivity (Wildman–Crippen MR) is 66.1 cm³/mol. The molecule has 5 nitrogen and oxygen atoms in total. The number of aromatic nitrogens is 1. The Labute approximate surface area is 105 Å². The number of carbonyl (C=O) groups excluding carboxylic acids is 2. The van der Waals surface area contributed by atoms with Gasteiger partial charge in [0.25, 0.3) is 0 Å². The number of carbonyl (C=O) groups is 2. The van der Waals surface area contributed by atoms with E-state index in [1.807, 2.05) is 6.92 Å². The molecule has 0 radical (unpaired) electrons. The summed E-state index contributed by atoms with van der Waals surface area (Å²) in [5.74, 6) is -0.182. The van der Waals surface area contributed by atoms with Crippen molar-refractivity contribution in [2.24, 2.45) is 0 Å². The second kappa shape index (κ2) is 6.85. The van der Waals surface area contributed by atoms with Gasteiger partial charge in [0.05, 0.1) is 0 Å². The van der Waals surface area contributed by atoms with Gasteiger partial charge in [0, 0.05) is 36.9 Å². The molecule has 3 amide bonds. The first kappa shape index (κ1) is 13.4. The lowest BCUT2D eigenvalue weighted by molar-refractivity contribution is -0.119. The van der Waals surface area contributed by atoms with Crippen molar-refractivity contribution in [3.8, 4) is 0 Å². The topological polar surface area (TPSA) is 62.3 Å². The summed E-state index contributed by atoms with van der Waals surface area (Å²) in [6, 6.07) is 2.96. The molecule has 0 aliphatic heterocycles. The van der Waals surface area contributed by atoms with Gasteiger partial charge in [-0.25, -0.2) is 4.79 Å². The summed E-state index contributed by atoms with van der Waals surface area (Å²) in [4.78, 5) is 28.4. The number of rotatable bonds is 4. The molecule has 1 rings (SSSR count). The monoisotopic (exact) mass is 255 g/mol. The fourth-order valence-corrected chi connectivity index (χ4v) is 1.47. The average molecular weight is 256 g/mol. The number of pyridine rings is 1. The molecular weight excluding hydrogens is 242 g/mol. The van der Waals surface area contributed by atoms with Crippen LogP contribution in [-0.2, 0) is 4.79 Å². The smallest absolute Gasteiger partial charge is 0.294 e. The van der Waals surface area contributed by atoms with Crippen LogP contribution in [-0.4, -0.2) is 29.3 Å². The molecule has 1 N–H and O–H groups in total. The summed E-state index contributed by atoms with van der Waals surface area (Å²) < 4.78 is 0. The molecular formula is C11H14ClN3O2. The normalized spacial score (nSPS) is 9.76. The highest BCUT2D eigenvalue weighted by molar-refractivity contribution is 6.19. The third-order valence-corrected chi connectivity index (χ3v) is 2.29. The van der Waals surface area contributed by atoms with Crippen molar-refractivity contribution >= 4 is 29.2 Å². The molecule has 0 bridgehead atoms. The maximum atomic E-state index is 11.8. The second-order valence-corrected chi connectivity index (χ2v) is 3.62. The van der Waals surface area contributed by atoms with E-state index < -0.39 is 6.03 Å². The van der Waals surface area contributed by atoms with E-state index in [2.05, 4.69) is 10.3 Å². The third kappa shape index (κ3) is 4.03. The molecule has 92 valence electrons. The summed E-state index contributed by atoms with van der Waals surface area (Å²) in [6.45, 7) is 2.29. The molecule has 0 aliphatic carbocycles. The number of urea groups is 1. The molecule has 0 fully saturated rings. The standard InChI is InChI=1S/C11H14ClN3O2/c1-2-15(9-4-7-13-8-5-9)11(17)14-10(16)3-6-12/h4-5,7-8H,2-3,6H2,1H3,(H,14,16,17). The minimum atomic E-state index is -0.450. The number of alkyl halides is 1. The summed E-state index contributed by atoms with van der Waals surface area (Å²) in [7, 11) is 0. The number of anilines is 1. The van der Waals surface area contributed by atoms with E-state index in [9.17, 15) is 9.59 Å². The lowest BCUT2D eigenvalue weighted by Gasteiger charge is -2.20. The Hall–Kier alpha value is -1.62. The first-order valence-corrected chi connectivity index (χ1v) is 5.79. The largest absolute Gasteiger partial charge is 0.328 e. The summed E-state index contributed by atoms with van der Waals surface area (Å²) in [5, 5.41) is 2.27. The number of hydrogen-bond acceptors (Lipinski definition) is 3. The first-order valence-electron chi connectivity index (χ1n) is 5.26. The van der Waals surface area contributed by atoms with Crippen LogP contribution in [0, 0.1) is 0 Å². The molecule has 17 heavy (non-hydrogen) atoms. The number of nitrogens with zero attached hydrogens (tertiary/aromatic N) is 2. The lowest BCUT2D eigenvalue weighted by atomic mass is 10.3. The molecule has 1 heterocycles. The van der Waals surface area contributed by atoms with Crippen LogP contribution in [0.15, 0.2) is 24.5 Å². The van der Waals surface area contributed by atoms with Crippen LogP contribution in [0.25, 0.3) is 0 Å². The van der Waals surface area contributed by atoms with Crippen molar-refractivity contribution in [3.05, 3.63) is 24.5 Å². The predicted octanol–water partition coefficient (Wildman–Crippen LogP) is 1.77. The van der Waals surface area contributed by atoms with E-state index in [1.165, 1.54) is 4.90 Å². The number of halogens is 1. The van der Waals surface area contributed by atoms with E-state index in [-0.39, 0.29) is 18.2 Å². The Morgan fingerprint density at radius 1 is 1.41 bits per heavy atom. The molecule has 0 spiro atoms. The number of amides is 3. The van der Waals surface area contributed by atoms with E-state index in [4.69, 9.17) is 11.6 Å². The van der Waals surface area contributed by atoms with Gasteiger partial charge in [-0.2, -0.15) is 0 Å². The molecule has 1 aromatic rings. The Morgan fingerprint density at radius 2 is 2.06 bits per heavy atom. The zero-order valence-corrected chi connectivity index (χ0v) is 10.3. The Balaban J connectivity index is 2.68. The van der Waals surface area contributed by atoms with Crippen molar-refractivity contribution in [2.75, 3.05) is 17.3 Å². The van der Waals surface area contributed by atoms with Crippen molar-refractivity contribution in [3.63, 3.8) is 0 Å². The Kier molecular flexibility index (Phi) is 5.42. The van der Waals surface area contributed by atoms with Gasteiger partial charge in [-0.05, 0) is 19.1 Å². The molecule has 6 heteroatoms. The quantitative estimate of drug-likeness (QED) is 0.834. The minimum absolute atomic E-state index is 0.126. The van der Waals surface area contributed by atoms with Gasteiger partial charge in [-0.1, -0.05) is 0 Å². The molecule has 0 aliphatic rings. The van der Waals surface area contributed by atoms with Crippen LogP contribution < -0.4 is 10.2 Å². The number of hydrogen-bond donors (Lipinski definition) is 1. The second-order valence-electron chi connectivity index (χ2n) is 3.24. The molecule has 0 saturated carbocycles. The van der Waals surface area contributed by atoms with Gasteiger partial charge in [-0.3, -0.25) is 20.0 Å². The fraction of sp³-hybridized carbons (Fsp3) is 0.364. The highest BCUT2D eigenvalue weighted by Crippen LogP contribution is 2.11. The molecule has 1 aromatic heterocycles. The molecule has 0 aromatic carbocycles. The van der Waals surface area contributed by atoms with Crippen molar-refractivity contribution in [1.29, 1.82) is 0 Å². The summed E-state index contributed by atoms with van der Waals surface area (Å²) in [6.07, 6.45) is 3.30. The zero-order valence-electron chi connectivity index (χ0n) is 9.52. The third-order valence-electron chi connectivity index (χ3n) is 2.10. The van der Waals surface area contributed by atoms with Crippen LogP contribution in [0.3, 0.4) is 0 Å². The van der Waals surface area contributed by atoms with Crippen LogP contribution in [0.5, 0.6) is 0 Å². The maximum absolute atomic E-state index is 11.8. The van der Waals surface area contributed by atoms with Crippen molar-refractivity contribution in [1.82, 2.24) is 10.3 Å². The summed E-state index contributed by atoms with van der Waals surface area (Å²) >= 11 is 5.42. The highest BCUT2D eigenvalue weighted by Gasteiger charge is 2.15. The number of nitrogens with one attached hydrogen (secondary N) is 1. The van der Waals surface area contributed by atoms with Gasteiger partial charge in [0.2, 0.25) is 5.91 Å². The SMILES string of the molecule is CCN(C(=O)NC(=O)CCCl)c1ccncc1. The maximum Gasteiger partial charge on any atom is 0.328 e. The van der Waals surface area contributed by atoms with E-state index in [0.29, 0.717) is 12.2 Å². The lowest BCUT2D eigenvalue weighted by Crippen LogP contribution is -2.43. The van der Waals surface area contributed by atoms with Gasteiger partial charge in [-0.15, -0.1) is 11.6 Å². The molecule has 0 atom stereocenters. The van der Waals surface area contributed by atoms with Gasteiger partial charge in [0.15, 0.2) is 0 Å². The molecule has 0 saturated heterocycles. The van der Waals surface area contributed by atoms with Crippen LogP contribution in [0.2, 0.25) is 0 Å². The van der Waals surface area contributed by atoms with Gasteiger partial charge < -0.3 is 0 Å². The van der Waals surface area contributed by atoms with Crippen LogP contribution in [0.4, 0.5) is 10.5 Å². The average Bonchev–Trinajstić information content (AvgIpc) is 2.31. The van der Waals surface area contributed by atoms with E-state index in [0.717, 1.165) is 0 Å². The fourth-order valence-electron chi connectivity index (χ4n) is 1.30. The first-order chi connectivity index (χ1) is 8.19. The Bertz CT molecular complexity index is 384. The van der Waals surface area contributed by atoms with Crippen LogP contribution in [0.1, 0.15) is 13.3 Å². The van der Waals surface area contributed by atoms with Crippen LogP contribution >= 0.6 is 11.6 Å². The van der Waals surface area contributed by atoms with Crippen molar-refractivity contribution in [2.45, 2.75) is 13.3 Å². The summed E-state index contributed by atoms with van der Waals surface area (Å²) in [5.41, 5.74) is 0.693. The van der Waals surface area contributed by atoms with Gasteiger partial charge >= 0.3 is 6.03 Å². The zero-order chi connectivity index (χ0) is 12.7.